The molecule has 0 fully saturated rings. The van der Waals surface area contributed by atoms with Crippen LogP contribution in [0.3, 0.4) is 0 Å². The summed E-state index contributed by atoms with van der Waals surface area (Å²) in [5.41, 5.74) is 6.19. The van der Waals surface area contributed by atoms with Crippen LogP contribution in [0.25, 0.3) is 11.0 Å². The van der Waals surface area contributed by atoms with E-state index in [4.69, 9.17) is 17.3 Å². The van der Waals surface area contributed by atoms with E-state index in [2.05, 4.69) is 48.1 Å². The number of rotatable bonds is 4. The van der Waals surface area contributed by atoms with Crippen molar-refractivity contribution in [3.05, 3.63) is 54.9 Å². The molecule has 0 saturated carbocycles. The Kier molecular flexibility index (Phi) is 5.44. The standard InChI is InChI=1S/C18H11Br2ClN6O/c1-18(7-23,11-4-9(6-22)2-3-10(11)17(24)28)8-27-25-15-12(19)5-13(21)14(20)16(15)26-27/h2-5H,8H2,1H3,(H2,24,28). The van der Waals surface area contributed by atoms with Gasteiger partial charge in [0.2, 0.25) is 5.91 Å². The minimum atomic E-state index is -1.21. The summed E-state index contributed by atoms with van der Waals surface area (Å²) in [6.45, 7) is 1.67. The van der Waals surface area contributed by atoms with Gasteiger partial charge in [0.05, 0.1) is 33.7 Å². The van der Waals surface area contributed by atoms with E-state index < -0.39 is 11.3 Å². The lowest BCUT2D eigenvalue weighted by Gasteiger charge is -2.23. The van der Waals surface area contributed by atoms with E-state index >= 15 is 0 Å². The van der Waals surface area contributed by atoms with Crippen LogP contribution in [0.15, 0.2) is 33.2 Å². The third-order valence-electron chi connectivity index (χ3n) is 4.27. The number of nitrogens with zero attached hydrogens (tertiary/aromatic N) is 5. The Labute approximate surface area is 181 Å². The number of fused-ring (bicyclic) bond motifs is 1. The van der Waals surface area contributed by atoms with Gasteiger partial charge in [-0.15, -0.1) is 0 Å². The van der Waals surface area contributed by atoms with Gasteiger partial charge in [0.1, 0.15) is 16.4 Å². The molecule has 140 valence electrons. The maximum absolute atomic E-state index is 11.9. The van der Waals surface area contributed by atoms with E-state index in [0.29, 0.717) is 36.1 Å². The molecule has 10 heteroatoms. The molecule has 0 radical (unpaired) electrons. The summed E-state index contributed by atoms with van der Waals surface area (Å²) in [6.07, 6.45) is 0. The lowest BCUT2D eigenvalue weighted by atomic mass is 9.80. The number of hydrogen-bond acceptors (Lipinski definition) is 5. The first kappa shape index (κ1) is 20.3. The zero-order chi connectivity index (χ0) is 20.6. The summed E-state index contributed by atoms with van der Waals surface area (Å²) in [6, 6.07) is 10.3. The molecule has 0 aliphatic rings. The first-order valence-corrected chi connectivity index (χ1v) is 9.80. The van der Waals surface area contributed by atoms with E-state index in [0.717, 1.165) is 0 Å². The molecule has 0 aliphatic heterocycles. The highest BCUT2D eigenvalue weighted by Gasteiger charge is 2.33. The average Bonchev–Trinajstić information content (AvgIpc) is 3.09. The lowest BCUT2D eigenvalue weighted by Crippen LogP contribution is -2.31. The van der Waals surface area contributed by atoms with Crippen LogP contribution < -0.4 is 5.73 Å². The van der Waals surface area contributed by atoms with Crippen molar-refractivity contribution >= 4 is 60.4 Å². The van der Waals surface area contributed by atoms with Gasteiger partial charge in [-0.25, -0.2) is 0 Å². The van der Waals surface area contributed by atoms with Gasteiger partial charge in [-0.1, -0.05) is 11.6 Å². The summed E-state index contributed by atoms with van der Waals surface area (Å²) >= 11 is 13.0. The molecule has 28 heavy (non-hydrogen) atoms. The molecule has 7 nitrogen and oxygen atoms in total. The van der Waals surface area contributed by atoms with Crippen LogP contribution >= 0.6 is 43.5 Å². The third-order valence-corrected chi connectivity index (χ3v) is 6.20. The van der Waals surface area contributed by atoms with Crippen LogP contribution in [0.2, 0.25) is 5.02 Å². The first-order valence-electron chi connectivity index (χ1n) is 7.84. The summed E-state index contributed by atoms with van der Waals surface area (Å²) < 4.78 is 1.24. The van der Waals surface area contributed by atoms with Crippen molar-refractivity contribution in [3.63, 3.8) is 0 Å². The second-order valence-corrected chi connectivity index (χ2v) is 8.32. The molecule has 0 spiro atoms. The minimum absolute atomic E-state index is 0.0316. The largest absolute Gasteiger partial charge is 0.366 e. The third kappa shape index (κ3) is 3.49. The van der Waals surface area contributed by atoms with Crippen molar-refractivity contribution in [1.82, 2.24) is 15.0 Å². The fraction of sp³-hybridized carbons (Fsp3) is 0.167. The number of benzene rings is 2. The summed E-state index contributed by atoms with van der Waals surface area (Å²) in [5.74, 6) is -0.683. The van der Waals surface area contributed by atoms with Crippen LogP contribution in [0.4, 0.5) is 0 Å². The zero-order valence-corrected chi connectivity index (χ0v) is 18.3. The summed E-state index contributed by atoms with van der Waals surface area (Å²) in [5, 5.41) is 28.4. The van der Waals surface area contributed by atoms with Crippen LogP contribution in [0.5, 0.6) is 0 Å². The molecule has 1 amide bonds. The highest BCUT2D eigenvalue weighted by atomic mass is 79.9. The topological polar surface area (TPSA) is 121 Å². The molecular formula is C18H11Br2ClN6O. The Bertz CT molecular complexity index is 1210. The van der Waals surface area contributed by atoms with E-state index in [9.17, 15) is 15.3 Å². The fourth-order valence-electron chi connectivity index (χ4n) is 2.83. The van der Waals surface area contributed by atoms with Crippen LogP contribution in [-0.4, -0.2) is 20.9 Å². The molecule has 0 saturated heterocycles. The van der Waals surface area contributed by atoms with Crippen molar-refractivity contribution in [2.24, 2.45) is 5.73 Å². The van der Waals surface area contributed by atoms with Crippen LogP contribution in [-0.2, 0) is 12.0 Å². The van der Waals surface area contributed by atoms with Gasteiger partial charge < -0.3 is 5.73 Å². The van der Waals surface area contributed by atoms with E-state index in [1.807, 2.05) is 6.07 Å². The monoisotopic (exact) mass is 520 g/mol. The maximum atomic E-state index is 11.9. The number of nitriles is 2. The predicted octanol–water partition coefficient (Wildman–Crippen LogP) is 4.06. The molecule has 1 heterocycles. The van der Waals surface area contributed by atoms with Gasteiger partial charge >= 0.3 is 0 Å². The molecule has 0 aliphatic carbocycles. The van der Waals surface area contributed by atoms with E-state index in [1.165, 1.54) is 23.0 Å². The number of carbonyl (C=O) groups excluding carboxylic acids is 1. The Balaban J connectivity index is 2.15. The average molecular weight is 523 g/mol. The second kappa shape index (κ2) is 7.51. The maximum Gasteiger partial charge on any atom is 0.249 e. The normalized spacial score (nSPS) is 12.9. The Hall–Kier alpha value is -2.46. The smallest absolute Gasteiger partial charge is 0.249 e. The minimum Gasteiger partial charge on any atom is -0.366 e. The quantitative estimate of drug-likeness (QED) is 0.518. The first-order chi connectivity index (χ1) is 13.2. The number of hydrogen-bond donors (Lipinski definition) is 1. The molecule has 3 rings (SSSR count). The number of amides is 1. The second-order valence-electron chi connectivity index (χ2n) is 6.26. The summed E-state index contributed by atoms with van der Waals surface area (Å²) in [7, 11) is 0. The Morgan fingerprint density at radius 2 is 1.96 bits per heavy atom. The van der Waals surface area contributed by atoms with Crippen molar-refractivity contribution in [2.75, 3.05) is 0 Å². The van der Waals surface area contributed by atoms with Gasteiger partial charge in [-0.2, -0.15) is 25.5 Å². The summed E-state index contributed by atoms with van der Waals surface area (Å²) in [4.78, 5) is 13.2. The SMILES string of the molecule is CC(C#N)(Cn1nc2c(Br)cc(Cl)c(Br)c2n1)c1cc(C#N)ccc1C(N)=O. The van der Waals surface area contributed by atoms with Gasteiger partial charge in [-0.05, 0) is 68.6 Å². The predicted molar refractivity (Wildman–Crippen MR) is 111 cm³/mol. The lowest BCUT2D eigenvalue weighted by molar-refractivity contribution is 0.0998. The highest BCUT2D eigenvalue weighted by Crippen LogP contribution is 2.35. The molecule has 1 aromatic heterocycles. The number of aromatic nitrogens is 3. The molecule has 3 aromatic rings. The molecule has 2 N–H and O–H groups in total. The van der Waals surface area contributed by atoms with Crippen molar-refractivity contribution in [2.45, 2.75) is 18.9 Å². The van der Waals surface area contributed by atoms with Gasteiger partial charge in [0, 0.05) is 10.0 Å². The molecule has 1 atom stereocenters. The number of nitrogens with two attached hydrogens (primary N) is 1. The van der Waals surface area contributed by atoms with E-state index in [1.54, 1.807) is 13.0 Å². The molecule has 2 aromatic carbocycles. The zero-order valence-electron chi connectivity index (χ0n) is 14.4. The fourth-order valence-corrected chi connectivity index (χ4v) is 4.04. The van der Waals surface area contributed by atoms with Crippen molar-refractivity contribution in [3.8, 4) is 12.1 Å². The van der Waals surface area contributed by atoms with Crippen molar-refractivity contribution in [1.29, 1.82) is 10.5 Å². The number of halogens is 3. The number of carbonyl (C=O) groups is 1. The highest BCUT2D eigenvalue weighted by molar-refractivity contribution is 9.11. The van der Waals surface area contributed by atoms with Crippen LogP contribution in [0, 0.1) is 22.7 Å². The van der Waals surface area contributed by atoms with Gasteiger partial charge in [0.15, 0.2) is 0 Å². The molecule has 0 bridgehead atoms. The van der Waals surface area contributed by atoms with Crippen LogP contribution in [0.1, 0.15) is 28.4 Å². The van der Waals surface area contributed by atoms with E-state index in [-0.39, 0.29) is 12.1 Å². The molecule has 1 unspecified atom stereocenters. The molecular weight excluding hydrogens is 512 g/mol. The van der Waals surface area contributed by atoms with Gasteiger partial charge in [-0.3, -0.25) is 4.79 Å². The van der Waals surface area contributed by atoms with Crippen molar-refractivity contribution < 1.29 is 4.79 Å². The Morgan fingerprint density at radius 3 is 2.57 bits per heavy atom. The number of primary amides is 1. The Morgan fingerprint density at radius 1 is 1.29 bits per heavy atom. The van der Waals surface area contributed by atoms with Gasteiger partial charge in [0.25, 0.3) is 0 Å².